The standard InChI is InChI=1S/C16H20O3/c1-16(2,3)15(18)19-8-11-7-12-9-4-5-10(6-9)13(12)14(11)17/h4-5,7,9-10,12-13H,6,8H2,1-3H3/t9-,10+,12-,13+/m1/s1. The molecule has 0 aromatic carbocycles. The largest absolute Gasteiger partial charge is 0.460 e. The number of fused-ring (bicyclic) bond motifs is 5. The third-order valence-electron chi connectivity index (χ3n) is 4.50. The second kappa shape index (κ2) is 4.06. The van der Waals surface area contributed by atoms with Gasteiger partial charge in [0.15, 0.2) is 5.78 Å². The number of hydrogen-bond acceptors (Lipinski definition) is 3. The molecule has 0 aliphatic heterocycles. The number of esters is 1. The molecule has 3 aliphatic rings. The monoisotopic (exact) mass is 260 g/mol. The van der Waals surface area contributed by atoms with Crippen LogP contribution in [0.2, 0.25) is 0 Å². The summed E-state index contributed by atoms with van der Waals surface area (Å²) in [5, 5.41) is 0. The fourth-order valence-electron chi connectivity index (χ4n) is 3.46. The Bertz CT molecular complexity index is 493. The van der Waals surface area contributed by atoms with E-state index in [0.29, 0.717) is 23.3 Å². The average Bonchev–Trinajstić information content (AvgIpc) is 2.98. The summed E-state index contributed by atoms with van der Waals surface area (Å²) in [7, 11) is 0. The molecule has 1 saturated carbocycles. The van der Waals surface area contributed by atoms with Crippen LogP contribution in [-0.2, 0) is 14.3 Å². The number of ether oxygens (including phenoxy) is 1. The Morgan fingerprint density at radius 2 is 2.00 bits per heavy atom. The van der Waals surface area contributed by atoms with E-state index in [1.807, 2.05) is 20.8 Å². The van der Waals surface area contributed by atoms with Crippen LogP contribution in [0.3, 0.4) is 0 Å². The van der Waals surface area contributed by atoms with Crippen LogP contribution in [0, 0.1) is 29.1 Å². The van der Waals surface area contributed by atoms with Crippen LogP contribution >= 0.6 is 0 Å². The molecule has 0 unspecified atom stereocenters. The van der Waals surface area contributed by atoms with Crippen molar-refractivity contribution in [1.29, 1.82) is 0 Å². The molecule has 0 aromatic heterocycles. The first-order valence-electron chi connectivity index (χ1n) is 6.98. The van der Waals surface area contributed by atoms with Gasteiger partial charge in [-0.1, -0.05) is 18.2 Å². The molecular weight excluding hydrogens is 240 g/mol. The Morgan fingerprint density at radius 1 is 1.32 bits per heavy atom. The molecule has 0 aromatic rings. The Morgan fingerprint density at radius 3 is 2.63 bits per heavy atom. The molecule has 0 saturated heterocycles. The number of hydrogen-bond donors (Lipinski definition) is 0. The van der Waals surface area contributed by atoms with Gasteiger partial charge in [0, 0.05) is 11.5 Å². The summed E-state index contributed by atoms with van der Waals surface area (Å²) in [6, 6.07) is 0. The summed E-state index contributed by atoms with van der Waals surface area (Å²) in [6.07, 6.45) is 7.59. The van der Waals surface area contributed by atoms with Gasteiger partial charge in [0.2, 0.25) is 0 Å². The molecule has 3 aliphatic carbocycles. The fraction of sp³-hybridized carbons (Fsp3) is 0.625. The molecule has 0 radical (unpaired) electrons. The summed E-state index contributed by atoms with van der Waals surface area (Å²) < 4.78 is 5.27. The number of Topliss-reactive ketones (excluding diaryl/α,β-unsaturated/α-hetero) is 1. The number of carbonyl (C=O) groups excluding carboxylic acids is 2. The topological polar surface area (TPSA) is 43.4 Å². The van der Waals surface area contributed by atoms with Crippen LogP contribution in [0.15, 0.2) is 23.8 Å². The van der Waals surface area contributed by atoms with E-state index in [0.717, 1.165) is 6.42 Å². The zero-order chi connectivity index (χ0) is 13.8. The van der Waals surface area contributed by atoms with Gasteiger partial charge in [-0.3, -0.25) is 9.59 Å². The van der Waals surface area contributed by atoms with Gasteiger partial charge in [0.05, 0.1) is 5.41 Å². The first-order chi connectivity index (χ1) is 8.88. The van der Waals surface area contributed by atoms with Crippen molar-refractivity contribution in [2.75, 3.05) is 6.61 Å². The number of allylic oxidation sites excluding steroid dienone is 3. The fourth-order valence-corrected chi connectivity index (χ4v) is 3.46. The minimum Gasteiger partial charge on any atom is -0.460 e. The Balaban J connectivity index is 1.67. The summed E-state index contributed by atoms with van der Waals surface area (Å²) in [6.45, 7) is 5.60. The molecule has 0 amide bonds. The van der Waals surface area contributed by atoms with E-state index < -0.39 is 5.41 Å². The van der Waals surface area contributed by atoms with Crippen molar-refractivity contribution in [3.63, 3.8) is 0 Å². The molecule has 0 spiro atoms. The lowest BCUT2D eigenvalue weighted by Crippen LogP contribution is -2.26. The van der Waals surface area contributed by atoms with Crippen LogP contribution in [0.1, 0.15) is 27.2 Å². The van der Waals surface area contributed by atoms with E-state index in [1.165, 1.54) is 0 Å². The van der Waals surface area contributed by atoms with Crippen molar-refractivity contribution < 1.29 is 14.3 Å². The lowest BCUT2D eigenvalue weighted by atomic mass is 9.85. The number of rotatable bonds is 2. The molecule has 1 fully saturated rings. The molecule has 19 heavy (non-hydrogen) atoms. The van der Waals surface area contributed by atoms with Crippen LogP contribution in [0.4, 0.5) is 0 Å². The van der Waals surface area contributed by atoms with Crippen molar-refractivity contribution in [3.05, 3.63) is 23.8 Å². The van der Waals surface area contributed by atoms with E-state index in [2.05, 4.69) is 18.2 Å². The second-order valence-corrected chi connectivity index (χ2v) is 6.93. The Labute approximate surface area is 113 Å². The van der Waals surface area contributed by atoms with Gasteiger partial charge in [0.1, 0.15) is 6.61 Å². The first kappa shape index (κ1) is 12.6. The normalized spacial score (nSPS) is 35.5. The maximum atomic E-state index is 12.3. The molecule has 3 rings (SSSR count). The summed E-state index contributed by atoms with van der Waals surface area (Å²) >= 11 is 0. The molecular formula is C16H20O3. The molecule has 2 bridgehead atoms. The van der Waals surface area contributed by atoms with Crippen LogP contribution in [0.25, 0.3) is 0 Å². The Hall–Kier alpha value is -1.38. The Kier molecular flexibility index (Phi) is 2.70. The van der Waals surface area contributed by atoms with Gasteiger partial charge in [-0.05, 0) is 44.9 Å². The minimum atomic E-state index is -0.515. The van der Waals surface area contributed by atoms with Crippen LogP contribution < -0.4 is 0 Å². The third-order valence-corrected chi connectivity index (χ3v) is 4.50. The third kappa shape index (κ3) is 1.96. The summed E-state index contributed by atoms with van der Waals surface area (Å²) in [4.78, 5) is 24.1. The van der Waals surface area contributed by atoms with Crippen molar-refractivity contribution in [3.8, 4) is 0 Å². The van der Waals surface area contributed by atoms with Gasteiger partial charge in [0.25, 0.3) is 0 Å². The lowest BCUT2D eigenvalue weighted by molar-refractivity contribution is -0.152. The van der Waals surface area contributed by atoms with E-state index in [-0.39, 0.29) is 24.3 Å². The predicted octanol–water partition coefficient (Wildman–Crippen LogP) is 2.52. The van der Waals surface area contributed by atoms with E-state index in [4.69, 9.17) is 4.74 Å². The molecule has 0 N–H and O–H groups in total. The van der Waals surface area contributed by atoms with Gasteiger partial charge >= 0.3 is 5.97 Å². The summed E-state index contributed by atoms with van der Waals surface area (Å²) in [5.41, 5.74) is 0.185. The van der Waals surface area contributed by atoms with Crippen molar-refractivity contribution in [1.82, 2.24) is 0 Å². The van der Waals surface area contributed by atoms with Crippen molar-refractivity contribution >= 4 is 11.8 Å². The first-order valence-corrected chi connectivity index (χ1v) is 6.98. The van der Waals surface area contributed by atoms with E-state index in [1.54, 1.807) is 0 Å². The van der Waals surface area contributed by atoms with Crippen molar-refractivity contribution in [2.24, 2.45) is 29.1 Å². The smallest absolute Gasteiger partial charge is 0.311 e. The highest BCUT2D eigenvalue weighted by Crippen LogP contribution is 2.52. The van der Waals surface area contributed by atoms with Gasteiger partial charge in [-0.2, -0.15) is 0 Å². The maximum absolute atomic E-state index is 12.3. The molecule has 0 heterocycles. The second-order valence-electron chi connectivity index (χ2n) is 6.93. The number of carbonyl (C=O) groups is 2. The SMILES string of the molecule is CC(C)(C)C(=O)OCC1=C[C@H]2[C@@H](C1=O)[C@H]1C=C[C@@H]2C1. The highest BCUT2D eigenvalue weighted by atomic mass is 16.5. The summed E-state index contributed by atoms with van der Waals surface area (Å²) in [5.74, 6) is 1.36. The van der Waals surface area contributed by atoms with Gasteiger partial charge in [-0.25, -0.2) is 0 Å². The maximum Gasteiger partial charge on any atom is 0.311 e. The molecule has 3 nitrogen and oxygen atoms in total. The minimum absolute atomic E-state index is 0.123. The van der Waals surface area contributed by atoms with Crippen LogP contribution in [0.5, 0.6) is 0 Å². The van der Waals surface area contributed by atoms with Gasteiger partial charge < -0.3 is 4.74 Å². The predicted molar refractivity (Wildman–Crippen MR) is 71.2 cm³/mol. The zero-order valence-electron chi connectivity index (χ0n) is 11.7. The van der Waals surface area contributed by atoms with Crippen molar-refractivity contribution in [2.45, 2.75) is 27.2 Å². The quantitative estimate of drug-likeness (QED) is 0.566. The molecule has 4 atom stereocenters. The highest BCUT2D eigenvalue weighted by Gasteiger charge is 2.51. The number of ketones is 1. The van der Waals surface area contributed by atoms with Crippen LogP contribution in [-0.4, -0.2) is 18.4 Å². The van der Waals surface area contributed by atoms with Gasteiger partial charge in [-0.15, -0.1) is 0 Å². The van der Waals surface area contributed by atoms with E-state index in [9.17, 15) is 9.59 Å². The molecule has 102 valence electrons. The van der Waals surface area contributed by atoms with E-state index >= 15 is 0 Å². The highest BCUT2D eigenvalue weighted by molar-refractivity contribution is 6.01. The molecule has 3 heteroatoms. The average molecular weight is 260 g/mol. The zero-order valence-corrected chi connectivity index (χ0v) is 11.7. The lowest BCUT2D eigenvalue weighted by Gasteiger charge is -2.18.